The second-order valence-electron chi connectivity index (χ2n) is 4.54. The van der Waals surface area contributed by atoms with Crippen molar-refractivity contribution in [3.8, 4) is 0 Å². The number of halogens is 2. The van der Waals surface area contributed by atoms with Crippen molar-refractivity contribution in [2.75, 3.05) is 13.2 Å². The third kappa shape index (κ3) is 3.64. The number of aliphatic imine (C=N–C) groups is 1. The highest BCUT2D eigenvalue weighted by Crippen LogP contribution is 2.32. The molecule has 0 saturated heterocycles. The van der Waals surface area contributed by atoms with Gasteiger partial charge in [0.1, 0.15) is 6.61 Å². The Bertz CT molecular complexity index is 514. The first-order valence-electron chi connectivity index (χ1n) is 6.10. The molecular weight excluding hydrogens is 283 g/mol. The highest BCUT2D eigenvalue weighted by molar-refractivity contribution is 6.42. The lowest BCUT2D eigenvalue weighted by Crippen LogP contribution is -2.29. The maximum atomic E-state index is 6.27. The number of hydrogen-bond acceptors (Lipinski definition) is 3. The van der Waals surface area contributed by atoms with Crippen LogP contribution in [0, 0.1) is 0 Å². The lowest BCUT2D eigenvalue weighted by Gasteiger charge is -2.21. The number of rotatable bonds is 4. The molecule has 0 spiro atoms. The summed E-state index contributed by atoms with van der Waals surface area (Å²) in [5.74, 6) is 0. The number of amidine groups is 1. The molecule has 1 aliphatic rings. The van der Waals surface area contributed by atoms with E-state index in [9.17, 15) is 0 Å². The highest BCUT2D eigenvalue weighted by Gasteiger charge is 2.20. The molecular formula is C14H16Cl2N2O. The molecule has 1 aromatic rings. The maximum absolute atomic E-state index is 6.27. The topological polar surface area (TPSA) is 33.6 Å². The Kier molecular flexibility index (Phi) is 4.72. The normalized spacial score (nSPS) is 15.6. The molecule has 0 amide bonds. The van der Waals surface area contributed by atoms with Gasteiger partial charge in [0, 0.05) is 0 Å². The third-order valence-corrected chi connectivity index (χ3v) is 3.63. The first-order chi connectivity index (χ1) is 9.08. The molecule has 0 aromatic heterocycles. The zero-order chi connectivity index (χ0) is 13.8. The van der Waals surface area contributed by atoms with Crippen molar-refractivity contribution in [2.45, 2.75) is 19.4 Å². The van der Waals surface area contributed by atoms with Gasteiger partial charge in [-0.2, -0.15) is 0 Å². The van der Waals surface area contributed by atoms with Crippen molar-refractivity contribution in [3.05, 3.63) is 46.0 Å². The summed E-state index contributed by atoms with van der Waals surface area (Å²) in [6.45, 7) is 7.23. The van der Waals surface area contributed by atoms with E-state index in [0.717, 1.165) is 17.6 Å². The summed E-state index contributed by atoms with van der Waals surface area (Å²) < 4.78 is 5.39. The average Bonchev–Trinajstić information content (AvgIpc) is 2.84. The smallest absolute Gasteiger partial charge is 0.285 e. The van der Waals surface area contributed by atoms with Gasteiger partial charge in [-0.15, -0.1) is 6.58 Å². The monoisotopic (exact) mass is 298 g/mol. The lowest BCUT2D eigenvalue weighted by atomic mass is 10.0. The van der Waals surface area contributed by atoms with Gasteiger partial charge in [0.2, 0.25) is 0 Å². The summed E-state index contributed by atoms with van der Waals surface area (Å²) in [6, 6.07) is 6.12. The first kappa shape index (κ1) is 14.2. The van der Waals surface area contributed by atoms with Crippen LogP contribution in [-0.4, -0.2) is 19.2 Å². The Balaban J connectivity index is 2.25. The Labute approximate surface area is 123 Å². The quantitative estimate of drug-likeness (QED) is 0.853. The molecule has 0 fully saturated rings. The first-order valence-corrected chi connectivity index (χ1v) is 6.85. The molecule has 19 heavy (non-hydrogen) atoms. The predicted octanol–water partition coefficient (Wildman–Crippen LogP) is 3.98. The van der Waals surface area contributed by atoms with E-state index in [2.05, 4.69) is 16.9 Å². The van der Waals surface area contributed by atoms with Gasteiger partial charge in [0.15, 0.2) is 0 Å². The van der Waals surface area contributed by atoms with Crippen LogP contribution in [0.5, 0.6) is 0 Å². The Morgan fingerprint density at radius 2 is 2.32 bits per heavy atom. The minimum atomic E-state index is -0.0412. The molecule has 1 heterocycles. The number of hydrogen-bond donors (Lipinski definition) is 1. The molecule has 1 N–H and O–H groups in total. The van der Waals surface area contributed by atoms with Crippen molar-refractivity contribution in [2.24, 2.45) is 4.99 Å². The van der Waals surface area contributed by atoms with Crippen molar-refractivity contribution in [1.29, 1.82) is 0 Å². The lowest BCUT2D eigenvalue weighted by molar-refractivity contribution is 0.325. The summed E-state index contributed by atoms with van der Waals surface area (Å²) in [5, 5.41) is 4.36. The van der Waals surface area contributed by atoms with Crippen LogP contribution >= 0.6 is 23.2 Å². The van der Waals surface area contributed by atoms with Gasteiger partial charge in [0.25, 0.3) is 6.02 Å². The van der Waals surface area contributed by atoms with Gasteiger partial charge in [-0.25, -0.2) is 4.99 Å². The maximum Gasteiger partial charge on any atom is 0.285 e. The van der Waals surface area contributed by atoms with E-state index in [1.807, 2.05) is 19.1 Å². The molecule has 1 atom stereocenters. The number of benzene rings is 1. The SMILES string of the molecule is C=C(C)CC(NC1=NCCO1)c1cccc(Cl)c1Cl. The summed E-state index contributed by atoms with van der Waals surface area (Å²) in [4.78, 5) is 4.24. The predicted molar refractivity (Wildman–Crippen MR) is 80.0 cm³/mol. The van der Waals surface area contributed by atoms with Gasteiger partial charge < -0.3 is 10.1 Å². The van der Waals surface area contributed by atoms with Gasteiger partial charge in [0.05, 0.1) is 22.6 Å². The van der Waals surface area contributed by atoms with E-state index in [0.29, 0.717) is 29.2 Å². The van der Waals surface area contributed by atoms with E-state index in [-0.39, 0.29) is 6.04 Å². The zero-order valence-corrected chi connectivity index (χ0v) is 12.3. The second kappa shape index (κ2) is 6.31. The summed E-state index contributed by atoms with van der Waals surface area (Å²) >= 11 is 12.3. The number of nitrogens with zero attached hydrogens (tertiary/aromatic N) is 1. The molecule has 0 aliphatic carbocycles. The van der Waals surface area contributed by atoms with Crippen molar-refractivity contribution in [1.82, 2.24) is 5.32 Å². The number of ether oxygens (including phenoxy) is 1. The summed E-state index contributed by atoms with van der Waals surface area (Å²) in [7, 11) is 0. The van der Waals surface area contributed by atoms with Crippen molar-refractivity contribution < 1.29 is 4.74 Å². The van der Waals surface area contributed by atoms with Crippen molar-refractivity contribution in [3.63, 3.8) is 0 Å². The standard InChI is InChI=1S/C14H16Cl2N2O/c1-9(2)8-12(18-14-17-6-7-19-14)10-4-3-5-11(15)13(10)16/h3-5,12H,1,6-8H2,2H3,(H,17,18). The second-order valence-corrected chi connectivity index (χ2v) is 5.32. The Morgan fingerprint density at radius 3 is 2.95 bits per heavy atom. The highest BCUT2D eigenvalue weighted by atomic mass is 35.5. The van der Waals surface area contributed by atoms with Crippen LogP contribution in [-0.2, 0) is 4.74 Å². The van der Waals surface area contributed by atoms with E-state index in [4.69, 9.17) is 27.9 Å². The van der Waals surface area contributed by atoms with E-state index < -0.39 is 0 Å². The molecule has 1 aliphatic heterocycles. The molecule has 5 heteroatoms. The minimum Gasteiger partial charge on any atom is -0.463 e. The molecule has 0 bridgehead atoms. The van der Waals surface area contributed by atoms with E-state index in [1.54, 1.807) is 6.07 Å². The zero-order valence-electron chi connectivity index (χ0n) is 10.7. The molecule has 0 radical (unpaired) electrons. The van der Waals surface area contributed by atoms with Crippen LogP contribution in [0.25, 0.3) is 0 Å². The largest absolute Gasteiger partial charge is 0.463 e. The number of nitrogens with one attached hydrogen (secondary N) is 1. The van der Waals surface area contributed by atoms with Crippen LogP contribution in [0.1, 0.15) is 24.9 Å². The fourth-order valence-corrected chi connectivity index (χ4v) is 2.39. The Hall–Kier alpha value is -1.19. The van der Waals surface area contributed by atoms with Crippen molar-refractivity contribution >= 4 is 29.2 Å². The molecule has 3 nitrogen and oxygen atoms in total. The van der Waals surface area contributed by atoms with Crippen LogP contribution < -0.4 is 5.32 Å². The average molecular weight is 299 g/mol. The summed E-state index contributed by atoms with van der Waals surface area (Å²) in [5.41, 5.74) is 1.97. The summed E-state index contributed by atoms with van der Waals surface area (Å²) in [6.07, 6.45) is 0.739. The van der Waals surface area contributed by atoms with Gasteiger partial charge >= 0.3 is 0 Å². The fraction of sp³-hybridized carbons (Fsp3) is 0.357. The van der Waals surface area contributed by atoms with Crippen LogP contribution in [0.3, 0.4) is 0 Å². The molecule has 1 unspecified atom stereocenters. The van der Waals surface area contributed by atoms with Gasteiger partial charge in [-0.1, -0.05) is 40.9 Å². The van der Waals surface area contributed by atoms with Crippen LogP contribution in [0.4, 0.5) is 0 Å². The van der Waals surface area contributed by atoms with Gasteiger partial charge in [-0.05, 0) is 25.0 Å². The third-order valence-electron chi connectivity index (χ3n) is 2.79. The molecule has 102 valence electrons. The minimum absolute atomic E-state index is 0.0412. The molecule has 1 aromatic carbocycles. The van der Waals surface area contributed by atoms with Crippen LogP contribution in [0.2, 0.25) is 10.0 Å². The molecule has 0 saturated carbocycles. The van der Waals surface area contributed by atoms with E-state index >= 15 is 0 Å². The van der Waals surface area contributed by atoms with Gasteiger partial charge in [-0.3, -0.25) is 0 Å². The fourth-order valence-electron chi connectivity index (χ4n) is 1.95. The van der Waals surface area contributed by atoms with Crippen LogP contribution in [0.15, 0.2) is 35.3 Å². The Morgan fingerprint density at radius 1 is 1.53 bits per heavy atom. The van der Waals surface area contributed by atoms with E-state index in [1.165, 1.54) is 0 Å². The molecule has 2 rings (SSSR count).